The van der Waals surface area contributed by atoms with Gasteiger partial charge in [0, 0.05) is 4.47 Å². The summed E-state index contributed by atoms with van der Waals surface area (Å²) >= 11 is 3.33. The molecule has 0 heterocycles. The van der Waals surface area contributed by atoms with Gasteiger partial charge in [0.25, 0.3) is 5.91 Å². The molecule has 3 N–H and O–H groups in total. The number of nitrogens with two attached hydrogens (primary N) is 1. The molecule has 0 aliphatic carbocycles. The molecule has 0 aliphatic rings. The van der Waals surface area contributed by atoms with Crippen LogP contribution in [-0.2, 0) is 4.79 Å². The molecule has 0 fully saturated rings. The molecule has 1 aromatic carbocycles. The summed E-state index contributed by atoms with van der Waals surface area (Å²) < 4.78 is 6.35. The van der Waals surface area contributed by atoms with Crippen LogP contribution in [0.1, 0.15) is 12.5 Å². The molecule has 1 atom stereocenters. The maximum atomic E-state index is 11.4. The third kappa shape index (κ3) is 4.07. The third-order valence-corrected chi connectivity index (χ3v) is 2.55. The van der Waals surface area contributed by atoms with Crippen LogP contribution in [0.5, 0.6) is 5.75 Å². The lowest BCUT2D eigenvalue weighted by molar-refractivity contribution is -0.126. The zero-order chi connectivity index (χ0) is 13.0. The lowest BCUT2D eigenvalue weighted by atomic mass is 10.2. The molecule has 0 saturated carbocycles. The zero-order valence-corrected chi connectivity index (χ0v) is 11.1. The van der Waals surface area contributed by atoms with Crippen LogP contribution in [0, 0.1) is 6.92 Å². The van der Waals surface area contributed by atoms with E-state index in [2.05, 4.69) is 15.9 Å². The van der Waals surface area contributed by atoms with Crippen LogP contribution in [0.15, 0.2) is 22.7 Å². The molecular weight excluding hydrogens is 288 g/mol. The van der Waals surface area contributed by atoms with Crippen LogP contribution in [0.2, 0.25) is 0 Å². The van der Waals surface area contributed by atoms with Crippen LogP contribution in [0.4, 0.5) is 4.79 Å². The van der Waals surface area contributed by atoms with Crippen molar-refractivity contribution in [3.8, 4) is 5.75 Å². The highest BCUT2D eigenvalue weighted by atomic mass is 79.9. The number of hydrogen-bond donors (Lipinski definition) is 2. The predicted octanol–water partition coefficient (Wildman–Crippen LogP) is 1.72. The smallest absolute Gasteiger partial charge is 0.318 e. The van der Waals surface area contributed by atoms with Crippen LogP contribution >= 0.6 is 15.9 Å². The molecule has 0 saturated heterocycles. The second-order valence-electron chi connectivity index (χ2n) is 3.52. The van der Waals surface area contributed by atoms with E-state index in [0.717, 1.165) is 10.0 Å². The van der Waals surface area contributed by atoms with E-state index < -0.39 is 18.0 Å². The van der Waals surface area contributed by atoms with Gasteiger partial charge in [-0.05, 0) is 37.6 Å². The number of primary amides is 1. The molecule has 0 radical (unpaired) electrons. The molecule has 1 rings (SSSR count). The number of urea groups is 1. The molecule has 5 nitrogen and oxygen atoms in total. The lowest BCUT2D eigenvalue weighted by Gasteiger charge is -2.15. The first-order valence-corrected chi connectivity index (χ1v) is 5.72. The first kappa shape index (κ1) is 13.5. The lowest BCUT2D eigenvalue weighted by Crippen LogP contribution is -2.42. The van der Waals surface area contributed by atoms with Gasteiger partial charge in [-0.25, -0.2) is 4.79 Å². The highest BCUT2D eigenvalue weighted by Gasteiger charge is 2.16. The van der Waals surface area contributed by atoms with Crippen molar-refractivity contribution in [2.45, 2.75) is 20.0 Å². The Labute approximate surface area is 107 Å². The highest BCUT2D eigenvalue weighted by molar-refractivity contribution is 9.10. The Morgan fingerprint density at radius 2 is 2.12 bits per heavy atom. The summed E-state index contributed by atoms with van der Waals surface area (Å²) in [6, 6.07) is 4.53. The zero-order valence-electron chi connectivity index (χ0n) is 9.49. The fraction of sp³-hybridized carbons (Fsp3) is 0.273. The number of ether oxygens (including phenoxy) is 1. The Hall–Kier alpha value is -1.56. The van der Waals surface area contributed by atoms with Crippen molar-refractivity contribution < 1.29 is 14.3 Å². The van der Waals surface area contributed by atoms with E-state index in [0.29, 0.717) is 5.75 Å². The third-order valence-electron chi connectivity index (χ3n) is 2.06. The van der Waals surface area contributed by atoms with E-state index in [1.807, 2.05) is 18.3 Å². The average Bonchev–Trinajstić information content (AvgIpc) is 2.21. The minimum atomic E-state index is -0.891. The molecule has 1 unspecified atom stereocenters. The van der Waals surface area contributed by atoms with E-state index in [-0.39, 0.29) is 0 Å². The maximum Gasteiger partial charge on any atom is 0.318 e. The van der Waals surface area contributed by atoms with Gasteiger partial charge in [0.1, 0.15) is 5.75 Å². The van der Waals surface area contributed by atoms with E-state index in [1.54, 1.807) is 19.1 Å². The van der Waals surface area contributed by atoms with E-state index in [1.165, 1.54) is 0 Å². The van der Waals surface area contributed by atoms with Crippen LogP contribution in [-0.4, -0.2) is 18.0 Å². The molecule has 0 spiro atoms. The highest BCUT2D eigenvalue weighted by Crippen LogP contribution is 2.23. The number of nitrogens with one attached hydrogen (secondary N) is 1. The van der Waals surface area contributed by atoms with Crippen LogP contribution in [0.3, 0.4) is 0 Å². The first-order chi connectivity index (χ1) is 7.90. The fourth-order valence-corrected chi connectivity index (χ4v) is 1.69. The Kier molecular flexibility index (Phi) is 4.51. The summed E-state index contributed by atoms with van der Waals surface area (Å²) in [6.07, 6.45) is -0.789. The van der Waals surface area contributed by atoms with Crippen LogP contribution in [0.25, 0.3) is 0 Å². The second kappa shape index (κ2) is 5.67. The van der Waals surface area contributed by atoms with Crippen molar-refractivity contribution in [2.75, 3.05) is 0 Å². The predicted molar refractivity (Wildman–Crippen MR) is 66.7 cm³/mol. The molecule has 1 aromatic rings. The average molecular weight is 301 g/mol. The summed E-state index contributed by atoms with van der Waals surface area (Å²) in [7, 11) is 0. The fourth-order valence-electron chi connectivity index (χ4n) is 1.21. The van der Waals surface area contributed by atoms with Gasteiger partial charge in [0.2, 0.25) is 0 Å². The monoisotopic (exact) mass is 300 g/mol. The number of halogens is 1. The first-order valence-electron chi connectivity index (χ1n) is 4.93. The molecule has 17 heavy (non-hydrogen) atoms. The van der Waals surface area contributed by atoms with Gasteiger partial charge in [-0.3, -0.25) is 10.1 Å². The topological polar surface area (TPSA) is 81.4 Å². The molecule has 0 bridgehead atoms. The Morgan fingerprint density at radius 3 is 2.65 bits per heavy atom. The van der Waals surface area contributed by atoms with E-state index in [9.17, 15) is 9.59 Å². The molecule has 3 amide bonds. The second-order valence-corrected chi connectivity index (χ2v) is 4.44. The van der Waals surface area contributed by atoms with Crippen molar-refractivity contribution in [3.63, 3.8) is 0 Å². The van der Waals surface area contributed by atoms with Gasteiger partial charge in [0.15, 0.2) is 6.10 Å². The Bertz CT molecular complexity index is 448. The summed E-state index contributed by atoms with van der Waals surface area (Å²) in [5, 5.41) is 1.96. The van der Waals surface area contributed by atoms with Crippen molar-refractivity contribution in [1.29, 1.82) is 0 Å². The number of benzene rings is 1. The quantitative estimate of drug-likeness (QED) is 0.892. The molecule has 0 aliphatic heterocycles. The summed E-state index contributed by atoms with van der Waals surface area (Å²) in [4.78, 5) is 21.9. The number of aryl methyl sites for hydroxylation is 1. The van der Waals surface area contributed by atoms with Crippen molar-refractivity contribution in [3.05, 3.63) is 28.2 Å². The normalized spacial score (nSPS) is 11.7. The van der Waals surface area contributed by atoms with Gasteiger partial charge >= 0.3 is 6.03 Å². The Morgan fingerprint density at radius 1 is 1.47 bits per heavy atom. The SMILES string of the molecule is Cc1cc(Br)ccc1OC(C)C(=O)NC(N)=O. The van der Waals surface area contributed by atoms with Crippen molar-refractivity contribution in [1.82, 2.24) is 5.32 Å². The van der Waals surface area contributed by atoms with Gasteiger partial charge in [-0.2, -0.15) is 0 Å². The number of amides is 3. The molecule has 6 heteroatoms. The number of imide groups is 1. The maximum absolute atomic E-state index is 11.4. The van der Waals surface area contributed by atoms with Crippen LogP contribution < -0.4 is 15.8 Å². The summed E-state index contributed by atoms with van der Waals surface area (Å²) in [5.41, 5.74) is 5.73. The van der Waals surface area contributed by atoms with Crippen molar-refractivity contribution in [2.24, 2.45) is 5.73 Å². The van der Waals surface area contributed by atoms with Gasteiger partial charge < -0.3 is 10.5 Å². The molecular formula is C11H13BrN2O3. The number of rotatable bonds is 3. The minimum absolute atomic E-state index is 0.570. The number of carbonyl (C=O) groups is 2. The standard InChI is InChI=1S/C11H13BrN2O3/c1-6-5-8(12)3-4-9(6)17-7(2)10(15)14-11(13)16/h3-5,7H,1-2H3,(H3,13,14,15,16). The summed E-state index contributed by atoms with van der Waals surface area (Å²) in [5.74, 6) is 0.0140. The minimum Gasteiger partial charge on any atom is -0.481 e. The Balaban J connectivity index is 2.70. The number of hydrogen-bond acceptors (Lipinski definition) is 3. The van der Waals surface area contributed by atoms with Gasteiger partial charge in [-0.1, -0.05) is 15.9 Å². The van der Waals surface area contributed by atoms with Crippen molar-refractivity contribution >= 4 is 27.9 Å². The number of carbonyl (C=O) groups excluding carboxylic acids is 2. The molecule has 92 valence electrons. The van der Waals surface area contributed by atoms with E-state index >= 15 is 0 Å². The molecule has 0 aromatic heterocycles. The van der Waals surface area contributed by atoms with Gasteiger partial charge in [0.05, 0.1) is 0 Å². The summed E-state index contributed by atoms with van der Waals surface area (Å²) in [6.45, 7) is 3.40. The van der Waals surface area contributed by atoms with E-state index in [4.69, 9.17) is 10.5 Å². The van der Waals surface area contributed by atoms with Gasteiger partial charge in [-0.15, -0.1) is 0 Å². The largest absolute Gasteiger partial charge is 0.481 e.